The summed E-state index contributed by atoms with van der Waals surface area (Å²) in [6.07, 6.45) is 2.36. The first-order valence-electron chi connectivity index (χ1n) is 4.53. The lowest BCUT2D eigenvalue weighted by atomic mass is 9.89. The summed E-state index contributed by atoms with van der Waals surface area (Å²) in [7, 11) is 1.65. The number of hydrogen-bond acceptors (Lipinski definition) is 3. The minimum atomic E-state index is -0.761. The van der Waals surface area contributed by atoms with Gasteiger partial charge in [0.25, 0.3) is 0 Å². The lowest BCUT2D eigenvalue weighted by molar-refractivity contribution is -0.141. The van der Waals surface area contributed by atoms with Crippen LogP contribution < -0.4 is 0 Å². The molecule has 1 aliphatic rings. The molecule has 76 valence electrons. The van der Waals surface area contributed by atoms with Gasteiger partial charge in [-0.1, -0.05) is 0 Å². The van der Waals surface area contributed by atoms with E-state index in [9.17, 15) is 4.79 Å². The minimum Gasteiger partial charge on any atom is -0.481 e. The van der Waals surface area contributed by atoms with Gasteiger partial charge in [-0.3, -0.25) is 4.79 Å². The summed E-state index contributed by atoms with van der Waals surface area (Å²) >= 11 is 0. The minimum absolute atomic E-state index is 0.174. The van der Waals surface area contributed by atoms with Gasteiger partial charge in [-0.2, -0.15) is 0 Å². The first-order chi connectivity index (χ1) is 6.18. The molecule has 0 aromatic rings. The van der Waals surface area contributed by atoms with E-state index in [1.807, 2.05) is 0 Å². The third-order valence-electron chi connectivity index (χ3n) is 2.63. The van der Waals surface area contributed by atoms with E-state index in [0.717, 1.165) is 12.8 Å². The molecule has 0 saturated carbocycles. The zero-order chi connectivity index (χ0) is 9.73. The topological polar surface area (TPSA) is 55.8 Å². The van der Waals surface area contributed by atoms with Crippen LogP contribution >= 0.6 is 0 Å². The Morgan fingerprint density at radius 2 is 2.15 bits per heavy atom. The highest BCUT2D eigenvalue weighted by atomic mass is 16.5. The third kappa shape index (κ3) is 2.97. The molecular formula is C9H16O4. The Labute approximate surface area is 77.8 Å². The van der Waals surface area contributed by atoms with Crippen LogP contribution in [0.2, 0.25) is 0 Å². The van der Waals surface area contributed by atoms with E-state index in [1.54, 1.807) is 7.11 Å². The fourth-order valence-corrected chi connectivity index (χ4v) is 1.63. The van der Waals surface area contributed by atoms with Gasteiger partial charge in [0, 0.05) is 26.7 Å². The molecule has 4 nitrogen and oxygen atoms in total. The summed E-state index contributed by atoms with van der Waals surface area (Å²) in [5.41, 5.74) is -0.253. The fourth-order valence-electron chi connectivity index (χ4n) is 1.63. The van der Waals surface area contributed by atoms with Crippen LogP contribution in [-0.4, -0.2) is 37.0 Å². The summed E-state index contributed by atoms with van der Waals surface area (Å²) in [6.45, 7) is 1.35. The highest BCUT2D eigenvalue weighted by molar-refractivity contribution is 5.66. The number of rotatable bonds is 4. The molecule has 0 bridgehead atoms. The standard InChI is InChI=1S/C9H16O4/c1-12-9(3-2-8(10)11)4-6-13-7-5-9/h2-7H2,1H3,(H,10,11). The molecule has 0 atom stereocenters. The van der Waals surface area contributed by atoms with Gasteiger partial charge in [-0.05, 0) is 19.3 Å². The predicted octanol–water partition coefficient (Wildman–Crippen LogP) is 1.05. The number of carboxylic acid groups (broad SMARTS) is 1. The van der Waals surface area contributed by atoms with Crippen molar-refractivity contribution in [2.24, 2.45) is 0 Å². The molecule has 0 amide bonds. The first-order valence-corrected chi connectivity index (χ1v) is 4.53. The van der Waals surface area contributed by atoms with Gasteiger partial charge >= 0.3 is 5.97 Å². The van der Waals surface area contributed by atoms with E-state index >= 15 is 0 Å². The molecule has 1 rings (SSSR count). The van der Waals surface area contributed by atoms with Crippen molar-refractivity contribution in [2.45, 2.75) is 31.3 Å². The molecule has 1 heterocycles. The SMILES string of the molecule is COC1(CCC(=O)O)CCOCC1. The first kappa shape index (κ1) is 10.5. The van der Waals surface area contributed by atoms with Gasteiger partial charge < -0.3 is 14.6 Å². The Balaban J connectivity index is 2.42. The number of methoxy groups -OCH3 is 1. The van der Waals surface area contributed by atoms with Crippen LogP contribution in [0.3, 0.4) is 0 Å². The van der Waals surface area contributed by atoms with Crippen LogP contribution in [0.4, 0.5) is 0 Å². The van der Waals surface area contributed by atoms with E-state index in [4.69, 9.17) is 14.6 Å². The zero-order valence-electron chi connectivity index (χ0n) is 7.91. The second kappa shape index (κ2) is 4.58. The number of carbonyl (C=O) groups is 1. The Morgan fingerprint density at radius 3 is 2.62 bits per heavy atom. The van der Waals surface area contributed by atoms with Gasteiger partial charge in [0.1, 0.15) is 0 Å². The summed E-state index contributed by atoms with van der Waals surface area (Å²) < 4.78 is 10.6. The Kier molecular flexibility index (Phi) is 3.69. The van der Waals surface area contributed by atoms with Gasteiger partial charge in [0.2, 0.25) is 0 Å². The van der Waals surface area contributed by atoms with Crippen LogP contribution in [0.15, 0.2) is 0 Å². The lowest BCUT2D eigenvalue weighted by Crippen LogP contribution is -2.38. The monoisotopic (exact) mass is 188 g/mol. The maximum atomic E-state index is 10.4. The predicted molar refractivity (Wildman–Crippen MR) is 46.7 cm³/mol. The van der Waals surface area contributed by atoms with Crippen molar-refractivity contribution in [1.29, 1.82) is 0 Å². The molecule has 1 saturated heterocycles. The number of carboxylic acids is 1. The largest absolute Gasteiger partial charge is 0.481 e. The van der Waals surface area contributed by atoms with E-state index in [0.29, 0.717) is 19.6 Å². The van der Waals surface area contributed by atoms with Gasteiger partial charge in [-0.25, -0.2) is 0 Å². The average Bonchev–Trinajstić information content (AvgIpc) is 2.16. The van der Waals surface area contributed by atoms with Crippen molar-refractivity contribution in [3.63, 3.8) is 0 Å². The Bertz CT molecular complexity index is 172. The number of aliphatic carboxylic acids is 1. The third-order valence-corrected chi connectivity index (χ3v) is 2.63. The van der Waals surface area contributed by atoms with Crippen LogP contribution in [0, 0.1) is 0 Å². The summed E-state index contributed by atoms with van der Waals surface area (Å²) in [6, 6.07) is 0. The number of ether oxygens (including phenoxy) is 2. The average molecular weight is 188 g/mol. The van der Waals surface area contributed by atoms with Crippen LogP contribution in [-0.2, 0) is 14.3 Å². The van der Waals surface area contributed by atoms with Crippen molar-refractivity contribution in [2.75, 3.05) is 20.3 Å². The van der Waals surface area contributed by atoms with Gasteiger partial charge in [0.05, 0.1) is 5.60 Å². The van der Waals surface area contributed by atoms with E-state index < -0.39 is 5.97 Å². The Hall–Kier alpha value is -0.610. The molecule has 0 spiro atoms. The second-order valence-corrected chi connectivity index (χ2v) is 3.39. The van der Waals surface area contributed by atoms with Crippen molar-refractivity contribution < 1.29 is 19.4 Å². The smallest absolute Gasteiger partial charge is 0.303 e. The highest BCUT2D eigenvalue weighted by Gasteiger charge is 2.32. The van der Waals surface area contributed by atoms with Crippen molar-refractivity contribution in [3.05, 3.63) is 0 Å². The van der Waals surface area contributed by atoms with Crippen molar-refractivity contribution in [1.82, 2.24) is 0 Å². The van der Waals surface area contributed by atoms with Crippen molar-refractivity contribution in [3.8, 4) is 0 Å². The molecule has 13 heavy (non-hydrogen) atoms. The molecule has 1 N–H and O–H groups in total. The van der Waals surface area contributed by atoms with Crippen LogP contribution in [0.25, 0.3) is 0 Å². The molecular weight excluding hydrogens is 172 g/mol. The van der Waals surface area contributed by atoms with Gasteiger partial charge in [0.15, 0.2) is 0 Å². The van der Waals surface area contributed by atoms with E-state index in [1.165, 1.54) is 0 Å². The maximum Gasteiger partial charge on any atom is 0.303 e. The molecule has 0 radical (unpaired) electrons. The maximum absolute atomic E-state index is 10.4. The zero-order valence-corrected chi connectivity index (χ0v) is 7.91. The highest BCUT2D eigenvalue weighted by Crippen LogP contribution is 2.29. The normalized spacial score (nSPS) is 21.3. The molecule has 1 fully saturated rings. The summed E-state index contributed by atoms with van der Waals surface area (Å²) in [5.74, 6) is -0.761. The number of hydrogen-bond donors (Lipinski definition) is 1. The molecule has 0 aromatic carbocycles. The second-order valence-electron chi connectivity index (χ2n) is 3.39. The van der Waals surface area contributed by atoms with Crippen LogP contribution in [0.1, 0.15) is 25.7 Å². The summed E-state index contributed by atoms with van der Waals surface area (Å²) in [5, 5.41) is 8.57. The molecule has 0 unspecified atom stereocenters. The van der Waals surface area contributed by atoms with Crippen LogP contribution in [0.5, 0.6) is 0 Å². The fraction of sp³-hybridized carbons (Fsp3) is 0.889. The van der Waals surface area contributed by atoms with E-state index in [2.05, 4.69) is 0 Å². The summed E-state index contributed by atoms with van der Waals surface area (Å²) in [4.78, 5) is 10.4. The molecule has 4 heteroatoms. The molecule has 1 aliphatic heterocycles. The molecule has 0 aliphatic carbocycles. The molecule has 0 aromatic heterocycles. The Morgan fingerprint density at radius 1 is 1.54 bits per heavy atom. The van der Waals surface area contributed by atoms with E-state index in [-0.39, 0.29) is 12.0 Å². The van der Waals surface area contributed by atoms with Gasteiger partial charge in [-0.15, -0.1) is 0 Å². The quantitative estimate of drug-likeness (QED) is 0.716. The lowest BCUT2D eigenvalue weighted by Gasteiger charge is -2.35. The van der Waals surface area contributed by atoms with Crippen molar-refractivity contribution >= 4 is 5.97 Å².